The highest BCUT2D eigenvalue weighted by Gasteiger charge is 2.38. The Labute approximate surface area is 183 Å². The predicted octanol–water partition coefficient (Wildman–Crippen LogP) is 2.61. The Kier molecular flexibility index (Phi) is 8.01. The molecule has 11 heteroatoms. The summed E-state index contributed by atoms with van der Waals surface area (Å²) in [6.07, 6.45) is 0.696. The number of aliphatic hydroxyl groups is 1. The molecule has 0 saturated carbocycles. The number of carbonyl (C=O) groups is 1. The standard InChI is InChI=1S/C20H31N3O7S/c1-15(16-9-11-21(12-10-16)19(25)30-20(2,3)4)22(13-14-24)31(28,29)18-8-6-5-7-17(18)23(26)27/h5-8,15-16,24H,9-14H2,1-4H3. The summed E-state index contributed by atoms with van der Waals surface area (Å²) in [4.78, 5) is 24.1. The first-order valence-corrected chi connectivity index (χ1v) is 11.7. The number of ether oxygens (including phenoxy) is 1. The van der Waals surface area contributed by atoms with Gasteiger partial charge in [0.15, 0.2) is 4.90 Å². The number of benzene rings is 1. The maximum atomic E-state index is 13.3. The zero-order chi connectivity index (χ0) is 23.4. The van der Waals surface area contributed by atoms with Gasteiger partial charge in [0.25, 0.3) is 5.69 Å². The number of hydrogen-bond acceptors (Lipinski definition) is 7. The van der Waals surface area contributed by atoms with E-state index < -0.39 is 49.9 Å². The van der Waals surface area contributed by atoms with E-state index in [1.807, 2.05) is 0 Å². The molecule has 1 atom stereocenters. The zero-order valence-electron chi connectivity index (χ0n) is 18.4. The second-order valence-electron chi connectivity index (χ2n) is 8.61. The summed E-state index contributed by atoms with van der Waals surface area (Å²) in [6, 6.07) is 4.67. The van der Waals surface area contributed by atoms with Crippen LogP contribution < -0.4 is 0 Å². The van der Waals surface area contributed by atoms with Crippen LogP contribution in [0.5, 0.6) is 0 Å². The molecule has 1 N–H and O–H groups in total. The lowest BCUT2D eigenvalue weighted by molar-refractivity contribution is -0.387. The molecule has 1 aromatic carbocycles. The number of piperidine rings is 1. The summed E-state index contributed by atoms with van der Waals surface area (Å²) in [5.41, 5.74) is -1.10. The molecule has 0 spiro atoms. The average molecular weight is 458 g/mol. The Morgan fingerprint density at radius 1 is 1.32 bits per heavy atom. The number of carbonyl (C=O) groups excluding carboxylic acids is 1. The van der Waals surface area contributed by atoms with Crippen molar-refractivity contribution in [2.75, 3.05) is 26.2 Å². The van der Waals surface area contributed by atoms with E-state index in [9.17, 15) is 28.4 Å². The summed E-state index contributed by atoms with van der Waals surface area (Å²) in [7, 11) is -4.21. The van der Waals surface area contributed by atoms with E-state index in [-0.39, 0.29) is 12.5 Å². The van der Waals surface area contributed by atoms with Gasteiger partial charge < -0.3 is 14.7 Å². The van der Waals surface area contributed by atoms with Crippen molar-refractivity contribution in [3.63, 3.8) is 0 Å². The van der Waals surface area contributed by atoms with Crippen LogP contribution in [0.1, 0.15) is 40.5 Å². The Morgan fingerprint density at radius 3 is 2.42 bits per heavy atom. The minimum absolute atomic E-state index is 0.0808. The van der Waals surface area contributed by atoms with Crippen molar-refractivity contribution >= 4 is 21.8 Å². The third-order valence-corrected chi connectivity index (χ3v) is 7.33. The van der Waals surface area contributed by atoms with Gasteiger partial charge in [0.2, 0.25) is 10.0 Å². The van der Waals surface area contributed by atoms with Gasteiger partial charge in [0, 0.05) is 31.7 Å². The zero-order valence-corrected chi connectivity index (χ0v) is 19.2. The highest BCUT2D eigenvalue weighted by atomic mass is 32.2. The number of aliphatic hydroxyl groups excluding tert-OH is 1. The molecule has 1 aromatic rings. The molecule has 1 heterocycles. The average Bonchev–Trinajstić information content (AvgIpc) is 2.70. The van der Waals surface area contributed by atoms with Crippen molar-refractivity contribution in [2.24, 2.45) is 5.92 Å². The minimum Gasteiger partial charge on any atom is -0.444 e. The van der Waals surface area contributed by atoms with E-state index in [2.05, 4.69) is 0 Å². The third kappa shape index (κ3) is 6.14. The number of likely N-dealkylation sites (tertiary alicyclic amines) is 1. The number of rotatable bonds is 7. The van der Waals surface area contributed by atoms with Gasteiger partial charge in [0.05, 0.1) is 11.5 Å². The predicted molar refractivity (Wildman–Crippen MR) is 114 cm³/mol. The van der Waals surface area contributed by atoms with Crippen LogP contribution in [0, 0.1) is 16.0 Å². The Morgan fingerprint density at radius 2 is 1.90 bits per heavy atom. The van der Waals surface area contributed by atoms with E-state index in [4.69, 9.17) is 4.74 Å². The fourth-order valence-corrected chi connectivity index (χ4v) is 5.56. The molecule has 31 heavy (non-hydrogen) atoms. The molecule has 0 radical (unpaired) electrons. The fraction of sp³-hybridized carbons (Fsp3) is 0.650. The monoisotopic (exact) mass is 457 g/mol. The molecule has 0 bridgehead atoms. The smallest absolute Gasteiger partial charge is 0.410 e. The minimum atomic E-state index is -4.21. The molecule has 1 aliphatic heterocycles. The molecule has 2 rings (SSSR count). The topological polar surface area (TPSA) is 130 Å². The van der Waals surface area contributed by atoms with Gasteiger partial charge in [-0.1, -0.05) is 12.1 Å². The number of sulfonamides is 1. The van der Waals surface area contributed by atoms with Crippen LogP contribution in [0.2, 0.25) is 0 Å². The van der Waals surface area contributed by atoms with E-state index in [0.29, 0.717) is 25.9 Å². The molecule has 0 aliphatic carbocycles. The number of nitro groups is 1. The second-order valence-corrected chi connectivity index (χ2v) is 10.5. The van der Waals surface area contributed by atoms with Crippen molar-refractivity contribution < 1.29 is 28.0 Å². The van der Waals surface area contributed by atoms with Crippen molar-refractivity contribution in [1.29, 1.82) is 0 Å². The highest BCUT2D eigenvalue weighted by Crippen LogP contribution is 2.32. The van der Waals surface area contributed by atoms with Crippen LogP contribution in [0.25, 0.3) is 0 Å². The maximum absolute atomic E-state index is 13.3. The van der Waals surface area contributed by atoms with Crippen LogP contribution >= 0.6 is 0 Å². The quantitative estimate of drug-likeness (QED) is 0.492. The lowest BCUT2D eigenvalue weighted by Crippen LogP contribution is -2.49. The third-order valence-electron chi connectivity index (χ3n) is 5.30. The van der Waals surface area contributed by atoms with Crippen molar-refractivity contribution in [2.45, 2.75) is 57.1 Å². The Balaban J connectivity index is 2.19. The first-order chi connectivity index (χ1) is 14.4. The lowest BCUT2D eigenvalue weighted by atomic mass is 9.90. The number of nitro benzene ring substituents is 1. The summed E-state index contributed by atoms with van der Waals surface area (Å²) in [5.74, 6) is -0.0808. The molecule has 0 aromatic heterocycles. The van der Waals surface area contributed by atoms with E-state index in [0.717, 1.165) is 10.4 Å². The normalized spacial score (nSPS) is 16.9. The van der Waals surface area contributed by atoms with Gasteiger partial charge in [-0.05, 0) is 52.5 Å². The summed E-state index contributed by atoms with van der Waals surface area (Å²) in [6.45, 7) is 7.35. The van der Waals surface area contributed by atoms with Crippen LogP contribution in [-0.2, 0) is 14.8 Å². The van der Waals surface area contributed by atoms with E-state index >= 15 is 0 Å². The van der Waals surface area contributed by atoms with Gasteiger partial charge in [-0.25, -0.2) is 13.2 Å². The Hall–Kier alpha value is -2.24. The number of amides is 1. The number of hydrogen-bond donors (Lipinski definition) is 1. The fourth-order valence-electron chi connectivity index (χ4n) is 3.72. The first kappa shape index (κ1) is 25.0. The Bertz CT molecular complexity index is 890. The molecule has 1 aliphatic rings. The maximum Gasteiger partial charge on any atom is 0.410 e. The largest absolute Gasteiger partial charge is 0.444 e. The molecule has 1 saturated heterocycles. The van der Waals surface area contributed by atoms with Crippen molar-refractivity contribution in [3.05, 3.63) is 34.4 Å². The molecule has 174 valence electrons. The molecule has 1 fully saturated rings. The van der Waals surface area contributed by atoms with Crippen LogP contribution in [0.3, 0.4) is 0 Å². The molecule has 1 amide bonds. The summed E-state index contributed by atoms with van der Waals surface area (Å²) >= 11 is 0. The van der Waals surface area contributed by atoms with Crippen molar-refractivity contribution in [1.82, 2.24) is 9.21 Å². The van der Waals surface area contributed by atoms with Gasteiger partial charge in [0.1, 0.15) is 5.60 Å². The van der Waals surface area contributed by atoms with Gasteiger partial charge in [-0.15, -0.1) is 0 Å². The van der Waals surface area contributed by atoms with Crippen molar-refractivity contribution in [3.8, 4) is 0 Å². The molecular formula is C20H31N3O7S. The summed E-state index contributed by atoms with van der Waals surface area (Å²) < 4.78 is 33.1. The SMILES string of the molecule is CC(C1CCN(C(=O)OC(C)(C)C)CC1)N(CCO)S(=O)(=O)c1ccccc1[N+](=O)[O-]. The van der Waals surface area contributed by atoms with Gasteiger partial charge >= 0.3 is 6.09 Å². The molecule has 10 nitrogen and oxygen atoms in total. The van der Waals surface area contributed by atoms with Crippen LogP contribution in [0.4, 0.5) is 10.5 Å². The number of nitrogens with zero attached hydrogens (tertiary/aromatic N) is 3. The van der Waals surface area contributed by atoms with Gasteiger partial charge in [-0.2, -0.15) is 4.31 Å². The van der Waals surface area contributed by atoms with Gasteiger partial charge in [-0.3, -0.25) is 10.1 Å². The molecular weight excluding hydrogens is 426 g/mol. The number of para-hydroxylation sites is 1. The first-order valence-electron chi connectivity index (χ1n) is 10.2. The van der Waals surface area contributed by atoms with E-state index in [1.54, 1.807) is 32.6 Å². The van der Waals surface area contributed by atoms with E-state index in [1.165, 1.54) is 18.2 Å². The lowest BCUT2D eigenvalue weighted by Gasteiger charge is -2.39. The van der Waals surface area contributed by atoms with Crippen LogP contribution in [0.15, 0.2) is 29.2 Å². The summed E-state index contributed by atoms with van der Waals surface area (Å²) in [5, 5.41) is 20.8. The van der Waals surface area contributed by atoms with Crippen LogP contribution in [-0.4, -0.2) is 71.6 Å². The molecule has 1 unspecified atom stereocenters. The highest BCUT2D eigenvalue weighted by molar-refractivity contribution is 7.89. The second kappa shape index (κ2) is 9.92.